The van der Waals surface area contributed by atoms with E-state index in [9.17, 15) is 4.79 Å². The van der Waals surface area contributed by atoms with Crippen molar-refractivity contribution in [3.8, 4) is 5.88 Å². The van der Waals surface area contributed by atoms with Gasteiger partial charge in [0.25, 0.3) is 0 Å². The summed E-state index contributed by atoms with van der Waals surface area (Å²) >= 11 is 0. The van der Waals surface area contributed by atoms with Gasteiger partial charge in [0.2, 0.25) is 5.88 Å². The second-order valence-electron chi connectivity index (χ2n) is 3.31. The molecule has 13 heavy (non-hydrogen) atoms. The topological polar surface area (TPSA) is 75.2 Å². The van der Waals surface area contributed by atoms with E-state index in [1.165, 1.54) is 0 Å². The molecule has 5 nitrogen and oxygen atoms in total. The third kappa shape index (κ3) is 1.26. The minimum absolute atomic E-state index is 0.154. The Morgan fingerprint density at radius 3 is 3.23 bits per heavy atom. The van der Waals surface area contributed by atoms with Crippen LogP contribution < -0.4 is 4.74 Å². The molecular formula is C8H10N2O3. The van der Waals surface area contributed by atoms with Gasteiger partial charge in [0.1, 0.15) is 0 Å². The number of rotatable bonds is 1. The lowest BCUT2D eigenvalue weighted by Crippen LogP contribution is -2.18. The molecule has 1 aromatic heterocycles. The smallest absolute Gasteiger partial charge is 0.354 e. The maximum Gasteiger partial charge on any atom is 0.354 e. The zero-order valence-electron chi connectivity index (χ0n) is 7.20. The number of fused-ring (bicyclic) bond motifs is 1. The highest BCUT2D eigenvalue weighted by Gasteiger charge is 2.25. The van der Waals surface area contributed by atoms with Gasteiger partial charge in [0.15, 0.2) is 5.69 Å². The molecule has 0 amide bonds. The Morgan fingerprint density at radius 1 is 1.77 bits per heavy atom. The maximum absolute atomic E-state index is 10.7. The lowest BCUT2D eigenvalue weighted by molar-refractivity contribution is 0.0688. The molecule has 70 valence electrons. The first-order valence-electron chi connectivity index (χ1n) is 4.12. The van der Waals surface area contributed by atoms with Crippen LogP contribution in [0.1, 0.15) is 23.0 Å². The number of aromatic carboxylic acids is 1. The highest BCUT2D eigenvalue weighted by Crippen LogP contribution is 2.27. The summed E-state index contributed by atoms with van der Waals surface area (Å²) in [7, 11) is 0. The van der Waals surface area contributed by atoms with Gasteiger partial charge in [-0.15, -0.1) is 5.10 Å². The van der Waals surface area contributed by atoms with Gasteiger partial charge in [-0.05, 0) is 12.3 Å². The number of ether oxygens (including phenoxy) is 1. The predicted molar refractivity (Wildman–Crippen MR) is 43.9 cm³/mol. The van der Waals surface area contributed by atoms with Gasteiger partial charge in [-0.25, -0.2) is 4.79 Å². The normalized spacial score (nSPS) is 20.5. The molecule has 1 aromatic rings. The van der Waals surface area contributed by atoms with Crippen molar-refractivity contribution in [3.05, 3.63) is 11.3 Å². The third-order valence-corrected chi connectivity index (χ3v) is 2.10. The van der Waals surface area contributed by atoms with E-state index in [0.29, 0.717) is 30.4 Å². The summed E-state index contributed by atoms with van der Waals surface area (Å²) in [5.74, 6) is -0.190. The molecule has 0 saturated heterocycles. The second-order valence-corrected chi connectivity index (χ2v) is 3.31. The lowest BCUT2D eigenvalue weighted by atomic mass is 10.00. The first-order chi connectivity index (χ1) is 6.18. The molecule has 0 aromatic carbocycles. The van der Waals surface area contributed by atoms with E-state index >= 15 is 0 Å². The minimum atomic E-state index is -0.980. The van der Waals surface area contributed by atoms with Crippen molar-refractivity contribution in [1.29, 1.82) is 0 Å². The molecule has 2 heterocycles. The van der Waals surface area contributed by atoms with E-state index in [0.717, 1.165) is 0 Å². The van der Waals surface area contributed by atoms with Crippen LogP contribution in [0.5, 0.6) is 5.88 Å². The fourth-order valence-electron chi connectivity index (χ4n) is 1.46. The van der Waals surface area contributed by atoms with Gasteiger partial charge in [-0.1, -0.05) is 6.92 Å². The molecule has 0 spiro atoms. The van der Waals surface area contributed by atoms with E-state index in [4.69, 9.17) is 9.84 Å². The molecular weight excluding hydrogens is 172 g/mol. The Balaban J connectivity index is 2.41. The number of nitrogens with one attached hydrogen (secondary N) is 1. The number of carboxylic acids is 1. The van der Waals surface area contributed by atoms with Gasteiger partial charge >= 0.3 is 5.97 Å². The maximum atomic E-state index is 10.7. The first kappa shape index (κ1) is 8.10. The van der Waals surface area contributed by atoms with E-state index in [-0.39, 0.29) is 5.69 Å². The highest BCUT2D eigenvalue weighted by molar-refractivity contribution is 5.87. The highest BCUT2D eigenvalue weighted by atomic mass is 16.5. The monoisotopic (exact) mass is 182 g/mol. The van der Waals surface area contributed by atoms with Crippen molar-refractivity contribution in [3.63, 3.8) is 0 Å². The van der Waals surface area contributed by atoms with Gasteiger partial charge in [-0.3, -0.25) is 5.10 Å². The molecule has 0 saturated carbocycles. The number of hydrogen-bond donors (Lipinski definition) is 2. The van der Waals surface area contributed by atoms with Gasteiger partial charge < -0.3 is 9.84 Å². The number of nitrogens with zero attached hydrogens (tertiary/aromatic N) is 1. The fourth-order valence-corrected chi connectivity index (χ4v) is 1.46. The second kappa shape index (κ2) is 2.76. The fraction of sp³-hybridized carbons (Fsp3) is 0.500. The van der Waals surface area contributed by atoms with Crippen molar-refractivity contribution >= 4 is 5.97 Å². The van der Waals surface area contributed by atoms with Crippen LogP contribution in [0.3, 0.4) is 0 Å². The molecule has 2 N–H and O–H groups in total. The number of H-pyrrole nitrogens is 1. The summed E-state index contributed by atoms with van der Waals surface area (Å²) in [5, 5.41) is 15.0. The molecule has 1 aliphatic heterocycles. The van der Waals surface area contributed by atoms with E-state index in [1.807, 2.05) is 6.92 Å². The zero-order chi connectivity index (χ0) is 9.42. The number of carboxylic acid groups (broad SMARTS) is 1. The molecule has 0 radical (unpaired) electrons. The van der Waals surface area contributed by atoms with Gasteiger partial charge in [0, 0.05) is 5.56 Å². The molecule has 1 atom stereocenters. The van der Waals surface area contributed by atoms with Crippen LogP contribution in [0.25, 0.3) is 0 Å². The van der Waals surface area contributed by atoms with Crippen LogP contribution in [0.4, 0.5) is 0 Å². The Labute approximate surface area is 74.7 Å². The van der Waals surface area contributed by atoms with Crippen LogP contribution in [-0.4, -0.2) is 27.9 Å². The van der Waals surface area contributed by atoms with Crippen LogP contribution in [0.15, 0.2) is 0 Å². The van der Waals surface area contributed by atoms with Crippen molar-refractivity contribution in [2.75, 3.05) is 6.61 Å². The van der Waals surface area contributed by atoms with Crippen molar-refractivity contribution in [2.45, 2.75) is 13.3 Å². The zero-order valence-corrected chi connectivity index (χ0v) is 7.20. The predicted octanol–water partition coefficient (Wildman–Crippen LogP) is 0.679. The Hall–Kier alpha value is -1.52. The third-order valence-electron chi connectivity index (χ3n) is 2.10. The van der Waals surface area contributed by atoms with Crippen LogP contribution in [0.2, 0.25) is 0 Å². The summed E-state index contributed by atoms with van der Waals surface area (Å²) in [5.41, 5.74) is 0.841. The summed E-state index contributed by atoms with van der Waals surface area (Å²) in [6, 6.07) is 0. The molecule has 0 fully saturated rings. The van der Waals surface area contributed by atoms with Crippen LogP contribution in [0, 0.1) is 5.92 Å². The molecule has 2 rings (SSSR count). The van der Waals surface area contributed by atoms with Crippen molar-refractivity contribution in [2.24, 2.45) is 5.92 Å². The van der Waals surface area contributed by atoms with Crippen molar-refractivity contribution in [1.82, 2.24) is 10.2 Å². The average Bonchev–Trinajstić information content (AvgIpc) is 2.46. The van der Waals surface area contributed by atoms with Gasteiger partial charge in [-0.2, -0.15) is 0 Å². The first-order valence-corrected chi connectivity index (χ1v) is 4.12. The number of aromatic nitrogens is 2. The number of carbonyl (C=O) groups is 1. The largest absolute Gasteiger partial charge is 0.477 e. The van der Waals surface area contributed by atoms with Crippen LogP contribution in [-0.2, 0) is 6.42 Å². The summed E-state index contributed by atoms with van der Waals surface area (Å²) < 4.78 is 5.26. The Bertz CT molecular complexity index is 345. The molecule has 0 aliphatic carbocycles. The van der Waals surface area contributed by atoms with Crippen molar-refractivity contribution < 1.29 is 14.6 Å². The van der Waals surface area contributed by atoms with E-state index in [2.05, 4.69) is 10.2 Å². The van der Waals surface area contributed by atoms with Gasteiger partial charge in [0.05, 0.1) is 6.61 Å². The van der Waals surface area contributed by atoms with E-state index < -0.39 is 5.97 Å². The number of aromatic amines is 1. The summed E-state index contributed by atoms with van der Waals surface area (Å²) in [4.78, 5) is 10.7. The van der Waals surface area contributed by atoms with E-state index in [1.54, 1.807) is 0 Å². The molecule has 1 unspecified atom stereocenters. The molecule has 1 aliphatic rings. The number of hydrogen-bond acceptors (Lipinski definition) is 3. The molecule has 0 bridgehead atoms. The summed E-state index contributed by atoms with van der Waals surface area (Å²) in [6.45, 7) is 2.62. The van der Waals surface area contributed by atoms with Crippen LogP contribution >= 0.6 is 0 Å². The molecule has 5 heteroatoms. The Morgan fingerprint density at radius 2 is 2.54 bits per heavy atom. The Kier molecular flexibility index (Phi) is 1.72. The SMILES string of the molecule is CC1COc2n[nH]c(C(=O)O)c2C1. The lowest BCUT2D eigenvalue weighted by Gasteiger charge is -2.17. The average molecular weight is 182 g/mol. The minimum Gasteiger partial charge on any atom is -0.477 e. The standard InChI is InChI=1S/C8H10N2O3/c1-4-2-5-6(8(11)12)9-10-7(5)13-3-4/h4H,2-3H2,1H3,(H,9,10)(H,11,12). The summed E-state index contributed by atoms with van der Waals surface area (Å²) in [6.07, 6.45) is 0.716. The quantitative estimate of drug-likeness (QED) is 0.669.